The molecule has 0 unspecified atom stereocenters. The average Bonchev–Trinajstić information content (AvgIpc) is 2.31. The smallest absolute Gasteiger partial charge is 0.214 e. The van der Waals surface area contributed by atoms with Crippen LogP contribution in [0.15, 0.2) is 0 Å². The molecule has 4 nitrogen and oxygen atoms in total. The Labute approximate surface area is 79.9 Å². The average molecular weight is 207 g/mol. The van der Waals surface area contributed by atoms with Gasteiger partial charge in [-0.15, -0.1) is 0 Å². The van der Waals surface area contributed by atoms with Crippen LogP contribution in [0.4, 0.5) is 0 Å². The first-order chi connectivity index (χ1) is 6.17. The summed E-state index contributed by atoms with van der Waals surface area (Å²) in [7, 11) is -3.00. The van der Waals surface area contributed by atoms with E-state index in [2.05, 4.69) is 0 Å². The van der Waals surface area contributed by atoms with Gasteiger partial charge in [-0.2, -0.15) is 4.31 Å². The Hall–Kier alpha value is -0.130. The van der Waals surface area contributed by atoms with E-state index in [-0.39, 0.29) is 5.75 Å². The quantitative estimate of drug-likeness (QED) is 0.675. The van der Waals surface area contributed by atoms with Gasteiger partial charge in [0.2, 0.25) is 10.0 Å². The lowest BCUT2D eigenvalue weighted by atomic mass is 10.5. The third-order valence-electron chi connectivity index (χ3n) is 2.04. The summed E-state index contributed by atoms with van der Waals surface area (Å²) in [5.41, 5.74) is 0. The van der Waals surface area contributed by atoms with Crippen LogP contribution in [0, 0.1) is 0 Å². The van der Waals surface area contributed by atoms with Crippen LogP contribution in [0.1, 0.15) is 19.8 Å². The van der Waals surface area contributed by atoms with Crippen molar-refractivity contribution in [2.75, 3.05) is 32.1 Å². The van der Waals surface area contributed by atoms with Crippen LogP contribution in [0.3, 0.4) is 0 Å². The lowest BCUT2D eigenvalue weighted by molar-refractivity contribution is 0.148. The van der Waals surface area contributed by atoms with Gasteiger partial charge in [-0.05, 0) is 12.8 Å². The molecule has 1 heterocycles. The normalized spacial score (nSPS) is 21.3. The van der Waals surface area contributed by atoms with Crippen LogP contribution >= 0.6 is 0 Å². The van der Waals surface area contributed by atoms with Crippen LogP contribution in [0.25, 0.3) is 0 Å². The SMILES string of the molecule is CCCS(=O)(=O)N1CCCOCC1. The van der Waals surface area contributed by atoms with Crippen molar-refractivity contribution in [1.82, 2.24) is 4.31 Å². The highest BCUT2D eigenvalue weighted by atomic mass is 32.2. The molecule has 0 aliphatic carbocycles. The van der Waals surface area contributed by atoms with Gasteiger partial charge >= 0.3 is 0 Å². The molecule has 0 saturated carbocycles. The van der Waals surface area contributed by atoms with Gasteiger partial charge in [0.15, 0.2) is 0 Å². The monoisotopic (exact) mass is 207 g/mol. The van der Waals surface area contributed by atoms with Crippen molar-refractivity contribution in [1.29, 1.82) is 0 Å². The van der Waals surface area contributed by atoms with Crippen molar-refractivity contribution in [3.8, 4) is 0 Å². The van der Waals surface area contributed by atoms with Gasteiger partial charge in [0.25, 0.3) is 0 Å². The fourth-order valence-electron chi connectivity index (χ4n) is 1.39. The Morgan fingerprint density at radius 2 is 2.08 bits per heavy atom. The highest BCUT2D eigenvalue weighted by molar-refractivity contribution is 7.89. The Morgan fingerprint density at radius 1 is 1.31 bits per heavy atom. The number of hydrogen-bond acceptors (Lipinski definition) is 3. The minimum absolute atomic E-state index is 0.257. The molecule has 5 heteroatoms. The predicted molar refractivity (Wildman–Crippen MR) is 51.1 cm³/mol. The summed E-state index contributed by atoms with van der Waals surface area (Å²) in [6.45, 7) is 4.22. The van der Waals surface area contributed by atoms with E-state index in [9.17, 15) is 8.42 Å². The molecule has 0 bridgehead atoms. The molecule has 0 N–H and O–H groups in total. The molecule has 0 radical (unpaired) electrons. The van der Waals surface area contributed by atoms with Crippen LogP contribution in [0.2, 0.25) is 0 Å². The molecule has 0 amide bonds. The lowest BCUT2D eigenvalue weighted by Crippen LogP contribution is -2.34. The minimum Gasteiger partial charge on any atom is -0.380 e. The molecule has 0 aromatic carbocycles. The largest absolute Gasteiger partial charge is 0.380 e. The zero-order valence-corrected chi connectivity index (χ0v) is 8.85. The minimum atomic E-state index is -3.00. The number of ether oxygens (including phenoxy) is 1. The van der Waals surface area contributed by atoms with E-state index in [0.717, 1.165) is 6.42 Å². The van der Waals surface area contributed by atoms with Crippen molar-refractivity contribution in [3.05, 3.63) is 0 Å². The van der Waals surface area contributed by atoms with E-state index < -0.39 is 10.0 Å². The molecule has 1 aliphatic rings. The summed E-state index contributed by atoms with van der Waals surface area (Å²) >= 11 is 0. The van der Waals surface area contributed by atoms with Crippen LogP contribution in [0.5, 0.6) is 0 Å². The molecule has 1 saturated heterocycles. The summed E-state index contributed by atoms with van der Waals surface area (Å²) in [4.78, 5) is 0. The molecule has 78 valence electrons. The van der Waals surface area contributed by atoms with E-state index >= 15 is 0 Å². The van der Waals surface area contributed by atoms with Crippen molar-refractivity contribution in [3.63, 3.8) is 0 Å². The van der Waals surface area contributed by atoms with Gasteiger partial charge in [0.05, 0.1) is 12.4 Å². The maximum absolute atomic E-state index is 11.6. The molecule has 0 spiro atoms. The zero-order chi connectivity index (χ0) is 9.73. The molecule has 1 rings (SSSR count). The van der Waals surface area contributed by atoms with Gasteiger partial charge in [-0.25, -0.2) is 8.42 Å². The second kappa shape index (κ2) is 4.93. The maximum Gasteiger partial charge on any atom is 0.214 e. The van der Waals surface area contributed by atoms with E-state index in [0.29, 0.717) is 32.7 Å². The predicted octanol–water partition coefficient (Wildman–Crippen LogP) is 0.449. The molecule has 1 aliphatic heterocycles. The first-order valence-corrected chi connectivity index (χ1v) is 6.33. The van der Waals surface area contributed by atoms with Crippen molar-refractivity contribution >= 4 is 10.0 Å². The highest BCUT2D eigenvalue weighted by Gasteiger charge is 2.21. The Kier molecular flexibility index (Phi) is 4.15. The number of nitrogens with zero attached hydrogens (tertiary/aromatic N) is 1. The second-order valence-corrected chi connectivity index (χ2v) is 5.27. The van der Waals surface area contributed by atoms with Gasteiger partial charge in [-0.1, -0.05) is 6.92 Å². The molecular formula is C8H17NO3S. The van der Waals surface area contributed by atoms with Gasteiger partial charge < -0.3 is 4.74 Å². The summed E-state index contributed by atoms with van der Waals surface area (Å²) in [6, 6.07) is 0. The summed E-state index contributed by atoms with van der Waals surface area (Å²) < 4.78 is 30.0. The van der Waals surface area contributed by atoms with E-state index in [4.69, 9.17) is 4.74 Å². The maximum atomic E-state index is 11.6. The third kappa shape index (κ3) is 3.25. The number of rotatable bonds is 3. The number of sulfonamides is 1. The van der Waals surface area contributed by atoms with E-state index in [1.165, 1.54) is 0 Å². The summed E-state index contributed by atoms with van der Waals surface area (Å²) in [6.07, 6.45) is 1.49. The van der Waals surface area contributed by atoms with Crippen molar-refractivity contribution in [2.24, 2.45) is 0 Å². The lowest BCUT2D eigenvalue weighted by Gasteiger charge is -2.18. The summed E-state index contributed by atoms with van der Waals surface area (Å²) in [5, 5.41) is 0. The van der Waals surface area contributed by atoms with Crippen LogP contribution in [-0.2, 0) is 14.8 Å². The Balaban J connectivity index is 2.57. The second-order valence-electron chi connectivity index (χ2n) is 3.18. The van der Waals surface area contributed by atoms with Gasteiger partial charge in [0, 0.05) is 19.7 Å². The molecule has 0 aromatic rings. The standard InChI is InChI=1S/C8H17NO3S/c1-2-8-13(10,11)9-4-3-6-12-7-5-9/h2-8H2,1H3. The highest BCUT2D eigenvalue weighted by Crippen LogP contribution is 2.07. The van der Waals surface area contributed by atoms with Gasteiger partial charge in [0.1, 0.15) is 0 Å². The summed E-state index contributed by atoms with van der Waals surface area (Å²) in [5.74, 6) is 0.257. The topological polar surface area (TPSA) is 46.6 Å². The Morgan fingerprint density at radius 3 is 2.77 bits per heavy atom. The van der Waals surface area contributed by atoms with Crippen molar-refractivity contribution in [2.45, 2.75) is 19.8 Å². The Bertz CT molecular complexity index is 230. The van der Waals surface area contributed by atoms with Crippen LogP contribution in [-0.4, -0.2) is 44.8 Å². The number of hydrogen-bond donors (Lipinski definition) is 0. The van der Waals surface area contributed by atoms with Gasteiger partial charge in [-0.3, -0.25) is 0 Å². The third-order valence-corrected chi connectivity index (χ3v) is 4.11. The molecule has 0 aromatic heterocycles. The molecule has 0 atom stereocenters. The first kappa shape index (κ1) is 10.9. The molecule has 1 fully saturated rings. The van der Waals surface area contributed by atoms with Crippen LogP contribution < -0.4 is 0 Å². The van der Waals surface area contributed by atoms with Crippen molar-refractivity contribution < 1.29 is 13.2 Å². The molecular weight excluding hydrogens is 190 g/mol. The van der Waals surface area contributed by atoms with E-state index in [1.54, 1.807) is 4.31 Å². The van der Waals surface area contributed by atoms with E-state index in [1.807, 2.05) is 6.92 Å². The fourth-order valence-corrected chi connectivity index (χ4v) is 2.92. The fraction of sp³-hybridized carbons (Fsp3) is 1.00. The first-order valence-electron chi connectivity index (χ1n) is 4.72. The molecule has 13 heavy (non-hydrogen) atoms. The zero-order valence-electron chi connectivity index (χ0n) is 8.03.